The second kappa shape index (κ2) is 7.58. The molecular weight excluding hydrogens is 330 g/mol. The lowest BCUT2D eigenvalue weighted by Crippen LogP contribution is -2.52. The first-order valence-electron chi connectivity index (χ1n) is 8.75. The molecule has 0 unspecified atom stereocenters. The smallest absolute Gasteiger partial charge is 0.252 e. The van der Waals surface area contributed by atoms with E-state index < -0.39 is 11.4 Å². The number of anilines is 1. The van der Waals surface area contributed by atoms with Gasteiger partial charge in [-0.25, -0.2) is 0 Å². The molecule has 0 radical (unpaired) electrons. The van der Waals surface area contributed by atoms with Gasteiger partial charge in [0.25, 0.3) is 5.91 Å². The second-order valence-corrected chi connectivity index (χ2v) is 6.66. The molecule has 2 aromatic carbocycles. The van der Waals surface area contributed by atoms with E-state index in [0.717, 1.165) is 19.3 Å². The molecule has 6 nitrogen and oxygen atoms in total. The number of hydrogen-bond donors (Lipinski definition) is 3. The Bertz CT molecular complexity index is 796. The third kappa shape index (κ3) is 4.03. The molecule has 0 spiro atoms. The van der Waals surface area contributed by atoms with Gasteiger partial charge in [-0.2, -0.15) is 0 Å². The maximum absolute atomic E-state index is 12.5. The molecule has 0 aliphatic heterocycles. The summed E-state index contributed by atoms with van der Waals surface area (Å²) in [6, 6.07) is 13.7. The number of ether oxygens (including phenoxy) is 1. The van der Waals surface area contributed by atoms with Crippen LogP contribution < -0.4 is 21.5 Å². The number of amides is 2. The molecule has 6 heteroatoms. The summed E-state index contributed by atoms with van der Waals surface area (Å²) in [6.07, 6.45) is 4.52. The molecular formula is C20H23N3O3. The lowest BCUT2D eigenvalue weighted by Gasteiger charge is -2.31. The molecule has 1 aliphatic carbocycles. The van der Waals surface area contributed by atoms with Gasteiger partial charge in [0.05, 0.1) is 11.1 Å². The van der Waals surface area contributed by atoms with E-state index in [2.05, 4.69) is 5.32 Å². The number of benzene rings is 2. The minimum Gasteiger partial charge on any atom is -0.457 e. The molecule has 136 valence electrons. The first-order valence-corrected chi connectivity index (χ1v) is 8.75. The lowest BCUT2D eigenvalue weighted by molar-refractivity contribution is -0.122. The van der Waals surface area contributed by atoms with Crippen LogP contribution in [0.15, 0.2) is 48.5 Å². The number of hydrogen-bond acceptors (Lipinski definition) is 4. The quantitative estimate of drug-likeness (QED) is 0.767. The van der Waals surface area contributed by atoms with Gasteiger partial charge in [0.1, 0.15) is 11.5 Å². The van der Waals surface area contributed by atoms with Crippen LogP contribution in [-0.4, -0.2) is 17.4 Å². The maximum Gasteiger partial charge on any atom is 0.252 e. The number of nitrogens with one attached hydrogen (secondary N) is 1. The summed E-state index contributed by atoms with van der Waals surface area (Å²) in [7, 11) is 0. The van der Waals surface area contributed by atoms with E-state index in [1.807, 2.05) is 0 Å². The molecule has 0 heterocycles. The molecule has 1 saturated carbocycles. The monoisotopic (exact) mass is 353 g/mol. The molecule has 0 atom stereocenters. The Morgan fingerprint density at radius 1 is 0.962 bits per heavy atom. The zero-order chi connectivity index (χ0) is 18.6. The van der Waals surface area contributed by atoms with Crippen molar-refractivity contribution in [2.45, 2.75) is 37.6 Å². The van der Waals surface area contributed by atoms with Crippen LogP contribution in [0.3, 0.4) is 0 Å². The molecule has 1 fully saturated rings. The number of carbonyl (C=O) groups excluding carboxylic acids is 2. The van der Waals surface area contributed by atoms with Gasteiger partial charge in [-0.05, 0) is 49.2 Å². The minimum atomic E-state index is -0.784. The van der Waals surface area contributed by atoms with Crippen molar-refractivity contribution in [3.63, 3.8) is 0 Å². The second-order valence-electron chi connectivity index (χ2n) is 6.66. The highest BCUT2D eigenvalue weighted by Crippen LogP contribution is 2.29. The summed E-state index contributed by atoms with van der Waals surface area (Å²) in [4.78, 5) is 23.9. The van der Waals surface area contributed by atoms with Crippen molar-refractivity contribution in [1.29, 1.82) is 0 Å². The van der Waals surface area contributed by atoms with E-state index in [-0.39, 0.29) is 5.91 Å². The van der Waals surface area contributed by atoms with Gasteiger partial charge in [-0.3, -0.25) is 9.59 Å². The van der Waals surface area contributed by atoms with Gasteiger partial charge in [0.15, 0.2) is 0 Å². The third-order valence-corrected chi connectivity index (χ3v) is 4.69. The average molecular weight is 353 g/mol. The van der Waals surface area contributed by atoms with E-state index in [1.165, 1.54) is 0 Å². The van der Waals surface area contributed by atoms with E-state index in [4.69, 9.17) is 16.2 Å². The molecule has 1 aliphatic rings. The fourth-order valence-corrected chi connectivity index (χ4v) is 3.16. The number of primary amides is 1. The number of nitrogens with two attached hydrogens (primary N) is 2. The zero-order valence-corrected chi connectivity index (χ0v) is 14.5. The Morgan fingerprint density at radius 3 is 2.27 bits per heavy atom. The molecule has 0 aromatic heterocycles. The number of carbonyl (C=O) groups is 2. The van der Waals surface area contributed by atoms with Crippen molar-refractivity contribution in [2.75, 3.05) is 5.32 Å². The first-order chi connectivity index (χ1) is 12.5. The Morgan fingerprint density at radius 2 is 1.62 bits per heavy atom. The maximum atomic E-state index is 12.5. The van der Waals surface area contributed by atoms with Crippen molar-refractivity contribution in [2.24, 2.45) is 11.5 Å². The van der Waals surface area contributed by atoms with Crippen molar-refractivity contribution >= 4 is 17.5 Å². The molecule has 5 N–H and O–H groups in total. The summed E-state index contributed by atoms with van der Waals surface area (Å²) in [5.74, 6) is 0.229. The summed E-state index contributed by atoms with van der Waals surface area (Å²) in [6.45, 7) is 0. The van der Waals surface area contributed by atoms with E-state index in [1.54, 1.807) is 48.5 Å². The first kappa shape index (κ1) is 17.9. The van der Waals surface area contributed by atoms with Crippen LogP contribution >= 0.6 is 0 Å². The van der Waals surface area contributed by atoms with E-state index in [9.17, 15) is 9.59 Å². The molecule has 26 heavy (non-hydrogen) atoms. The van der Waals surface area contributed by atoms with Crippen molar-refractivity contribution in [3.8, 4) is 11.5 Å². The Kier molecular flexibility index (Phi) is 5.23. The lowest BCUT2D eigenvalue weighted by atomic mass is 9.82. The van der Waals surface area contributed by atoms with Crippen LogP contribution in [0.1, 0.15) is 42.5 Å². The van der Waals surface area contributed by atoms with Gasteiger partial charge >= 0.3 is 0 Å². The average Bonchev–Trinajstić information content (AvgIpc) is 2.64. The molecule has 2 aromatic rings. The highest BCUT2D eigenvalue weighted by molar-refractivity contribution is 5.98. The SMILES string of the molecule is NC(=O)c1ccccc1Oc1ccc(NC(=O)C2(N)CCCCC2)cc1. The standard InChI is InChI=1S/C20H23N3O3/c21-18(24)16-6-2-3-7-17(16)26-15-10-8-14(9-11-15)23-19(25)20(22)12-4-1-5-13-20/h2-3,6-11H,1,4-5,12-13,22H2,(H2,21,24)(H,23,25). The van der Waals surface area contributed by atoms with Crippen molar-refractivity contribution in [3.05, 3.63) is 54.1 Å². The predicted molar refractivity (Wildman–Crippen MR) is 100 cm³/mol. The Hall–Kier alpha value is -2.86. The molecule has 0 saturated heterocycles. The fraction of sp³-hybridized carbons (Fsp3) is 0.300. The van der Waals surface area contributed by atoms with Gasteiger partial charge in [0.2, 0.25) is 5.91 Å². The fourth-order valence-electron chi connectivity index (χ4n) is 3.16. The third-order valence-electron chi connectivity index (χ3n) is 4.69. The Balaban J connectivity index is 1.67. The van der Waals surface area contributed by atoms with Crippen LogP contribution in [0.2, 0.25) is 0 Å². The Labute approximate surface area is 152 Å². The minimum absolute atomic E-state index is 0.148. The zero-order valence-electron chi connectivity index (χ0n) is 14.5. The highest BCUT2D eigenvalue weighted by atomic mass is 16.5. The topological polar surface area (TPSA) is 107 Å². The summed E-state index contributed by atoms with van der Waals surface area (Å²) in [5, 5.41) is 2.88. The number of para-hydroxylation sites is 1. The predicted octanol–water partition coefficient (Wildman–Crippen LogP) is 3.18. The van der Waals surface area contributed by atoms with Gasteiger partial charge in [-0.1, -0.05) is 31.4 Å². The molecule has 0 bridgehead atoms. The highest BCUT2D eigenvalue weighted by Gasteiger charge is 2.35. The summed E-state index contributed by atoms with van der Waals surface area (Å²) >= 11 is 0. The largest absolute Gasteiger partial charge is 0.457 e. The van der Waals surface area contributed by atoms with Crippen LogP contribution in [-0.2, 0) is 4.79 Å². The van der Waals surface area contributed by atoms with Crippen molar-refractivity contribution in [1.82, 2.24) is 0 Å². The van der Waals surface area contributed by atoms with Crippen LogP contribution in [0, 0.1) is 0 Å². The van der Waals surface area contributed by atoms with Gasteiger partial charge in [0, 0.05) is 5.69 Å². The van der Waals surface area contributed by atoms with Crippen molar-refractivity contribution < 1.29 is 14.3 Å². The molecule has 2 amide bonds. The summed E-state index contributed by atoms with van der Waals surface area (Å²) in [5.41, 5.74) is 11.8. The van der Waals surface area contributed by atoms with Gasteiger partial charge in [-0.15, -0.1) is 0 Å². The van der Waals surface area contributed by atoms with Crippen LogP contribution in [0.5, 0.6) is 11.5 Å². The van der Waals surface area contributed by atoms with Gasteiger partial charge < -0.3 is 21.5 Å². The normalized spacial score (nSPS) is 15.9. The number of rotatable bonds is 5. The summed E-state index contributed by atoms with van der Waals surface area (Å²) < 4.78 is 5.73. The van der Waals surface area contributed by atoms with Crippen LogP contribution in [0.25, 0.3) is 0 Å². The van der Waals surface area contributed by atoms with E-state index in [0.29, 0.717) is 35.6 Å². The molecule has 3 rings (SSSR count). The van der Waals surface area contributed by atoms with Crippen LogP contribution in [0.4, 0.5) is 5.69 Å². The van der Waals surface area contributed by atoms with E-state index >= 15 is 0 Å².